The van der Waals surface area contributed by atoms with Crippen LogP contribution in [0.3, 0.4) is 0 Å². The summed E-state index contributed by atoms with van der Waals surface area (Å²) < 4.78 is 1.59. The quantitative estimate of drug-likeness (QED) is 0.471. The maximum absolute atomic E-state index is 9.95. The van der Waals surface area contributed by atoms with Crippen LogP contribution in [0.2, 0.25) is 4.31 Å². The van der Waals surface area contributed by atoms with Crippen molar-refractivity contribution in [2.75, 3.05) is 0 Å². The van der Waals surface area contributed by atoms with E-state index >= 15 is 0 Å². The number of allylic oxidation sites excluding steroid dienone is 4. The molecule has 0 atom stereocenters. The van der Waals surface area contributed by atoms with Crippen molar-refractivity contribution in [2.24, 2.45) is 0 Å². The zero-order valence-corrected chi connectivity index (χ0v) is 6.29. The van der Waals surface area contributed by atoms with Crippen LogP contribution < -0.4 is 0 Å². The fraction of sp³-hybridized carbons (Fsp3) is 0.167. The summed E-state index contributed by atoms with van der Waals surface area (Å²) in [4.78, 5) is 9.95. The van der Waals surface area contributed by atoms with Crippen LogP contribution in [0.15, 0.2) is 24.3 Å². The van der Waals surface area contributed by atoms with Gasteiger partial charge in [0.1, 0.15) is 0 Å². The molecule has 0 radical (unpaired) electrons. The summed E-state index contributed by atoms with van der Waals surface area (Å²) in [6.07, 6.45) is 8.16. The van der Waals surface area contributed by atoms with E-state index in [-0.39, 0.29) is 18.6 Å². The number of rotatable bonds is 2. The number of hydrogen-bond acceptors (Lipinski definition) is 1. The van der Waals surface area contributed by atoms with E-state index in [4.69, 9.17) is 0 Å². The van der Waals surface area contributed by atoms with Crippen LogP contribution in [0.5, 0.6) is 0 Å². The van der Waals surface area contributed by atoms with Crippen LogP contribution in [-0.2, 0) is 23.4 Å². The van der Waals surface area contributed by atoms with Gasteiger partial charge in [-0.1, -0.05) is 0 Å². The van der Waals surface area contributed by atoms with Gasteiger partial charge in [-0.05, 0) is 0 Å². The Balaban J connectivity index is 2.37. The summed E-state index contributed by atoms with van der Waals surface area (Å²) >= 11 is -0.386. The molecule has 0 spiro atoms. The molecule has 0 aliphatic heterocycles. The van der Waals surface area contributed by atoms with Gasteiger partial charge >= 0.3 is 56.6 Å². The minimum atomic E-state index is -0.386. The van der Waals surface area contributed by atoms with Gasteiger partial charge in [0.05, 0.1) is 0 Å². The van der Waals surface area contributed by atoms with Crippen LogP contribution in [0.1, 0.15) is 0 Å². The topological polar surface area (TPSA) is 17.1 Å². The zero-order valence-electron chi connectivity index (χ0n) is 4.28. The first kappa shape index (κ1) is 5.97. The molecule has 0 fully saturated rings. The van der Waals surface area contributed by atoms with Gasteiger partial charge in [-0.25, -0.2) is 0 Å². The Kier molecular flexibility index (Phi) is 2.23. The number of hydrogen-bond donors (Lipinski definition) is 0. The zero-order chi connectivity index (χ0) is 5.82. The molecule has 0 N–H and O–H groups in total. The van der Waals surface area contributed by atoms with E-state index in [1.165, 1.54) is 0 Å². The van der Waals surface area contributed by atoms with E-state index in [0.29, 0.717) is 4.31 Å². The van der Waals surface area contributed by atoms with Crippen molar-refractivity contribution in [3.8, 4) is 0 Å². The molecule has 0 bridgehead atoms. The monoisotopic (exact) mass is 192 g/mol. The second kappa shape index (κ2) is 2.98. The predicted molar refractivity (Wildman–Crippen MR) is 28.8 cm³/mol. The Bertz CT molecular complexity index is 125. The Morgan fingerprint density at radius 2 is 2.00 bits per heavy atom. The first-order chi connectivity index (χ1) is 3.93. The molecule has 0 aromatic rings. The molecule has 0 aromatic heterocycles. The Labute approximate surface area is 57.0 Å². The molecule has 0 saturated carbocycles. The van der Waals surface area contributed by atoms with Gasteiger partial charge < -0.3 is 0 Å². The summed E-state index contributed by atoms with van der Waals surface area (Å²) in [6.45, 7) is 0. The van der Waals surface area contributed by atoms with Gasteiger partial charge in [0, 0.05) is 0 Å². The number of carbonyl (C=O) groups excluding carboxylic acids is 1. The molecule has 0 saturated heterocycles. The fourth-order valence-electron chi connectivity index (χ4n) is 0.566. The molecule has 0 unspecified atom stereocenters. The standard InChI is InChI=1S/C5H5.CHO.Mo/c1-2-4-5-3-1;1-2;/h1-5H;1H;. The molecule has 8 heavy (non-hydrogen) atoms. The van der Waals surface area contributed by atoms with E-state index < -0.39 is 0 Å². The van der Waals surface area contributed by atoms with Crippen molar-refractivity contribution in [1.29, 1.82) is 0 Å². The van der Waals surface area contributed by atoms with Crippen molar-refractivity contribution >= 4 is 4.68 Å². The van der Waals surface area contributed by atoms with E-state index in [2.05, 4.69) is 12.2 Å². The van der Waals surface area contributed by atoms with Crippen LogP contribution in [-0.4, -0.2) is 4.68 Å². The van der Waals surface area contributed by atoms with Crippen LogP contribution in [0.25, 0.3) is 0 Å². The SMILES string of the molecule is O=[CH][Mo][CH]1C=CC=C1. The average Bonchev–Trinajstić information content (AvgIpc) is 2.19. The molecular weight excluding hydrogens is 184 g/mol. The van der Waals surface area contributed by atoms with Gasteiger partial charge in [0.25, 0.3) is 0 Å². The Morgan fingerprint density at radius 3 is 2.50 bits per heavy atom. The van der Waals surface area contributed by atoms with Crippen LogP contribution in [0, 0.1) is 0 Å². The first-order valence-corrected chi connectivity index (χ1v) is 4.69. The predicted octanol–water partition coefficient (Wildman–Crippen LogP) is 1.17. The summed E-state index contributed by atoms with van der Waals surface area (Å²) in [6, 6.07) is 0. The number of carbonyl (C=O) groups is 1. The molecule has 2 heteroatoms. The minimum absolute atomic E-state index is 0.386. The van der Waals surface area contributed by atoms with Crippen molar-refractivity contribution in [2.45, 2.75) is 4.31 Å². The third kappa shape index (κ3) is 1.41. The van der Waals surface area contributed by atoms with E-state index in [1.54, 1.807) is 0 Å². The summed E-state index contributed by atoms with van der Waals surface area (Å²) in [5.74, 6) is 0. The van der Waals surface area contributed by atoms with Crippen LogP contribution >= 0.6 is 0 Å². The molecule has 1 aliphatic rings. The Hall–Kier alpha value is -0.162. The fourth-order valence-corrected chi connectivity index (χ4v) is 1.77. The third-order valence-corrected chi connectivity index (χ3v) is 2.74. The summed E-state index contributed by atoms with van der Waals surface area (Å²) in [7, 11) is 0. The molecule has 0 heterocycles. The van der Waals surface area contributed by atoms with Gasteiger partial charge in [-0.2, -0.15) is 0 Å². The van der Waals surface area contributed by atoms with E-state index in [1.807, 2.05) is 12.2 Å². The summed E-state index contributed by atoms with van der Waals surface area (Å²) in [5, 5.41) is 0. The molecule has 1 nitrogen and oxygen atoms in total. The average molecular weight is 190 g/mol. The van der Waals surface area contributed by atoms with Gasteiger partial charge in [-0.15, -0.1) is 0 Å². The van der Waals surface area contributed by atoms with Crippen molar-refractivity contribution < 1.29 is 23.4 Å². The summed E-state index contributed by atoms with van der Waals surface area (Å²) in [5.41, 5.74) is 0. The molecular formula is C6H6MoO. The van der Waals surface area contributed by atoms with E-state index in [9.17, 15) is 4.79 Å². The molecule has 42 valence electrons. The molecule has 0 aromatic carbocycles. The maximum atomic E-state index is 9.95. The third-order valence-electron chi connectivity index (χ3n) is 0.925. The van der Waals surface area contributed by atoms with E-state index in [0.717, 1.165) is 4.68 Å². The van der Waals surface area contributed by atoms with Crippen molar-refractivity contribution in [3.05, 3.63) is 24.3 Å². The normalized spacial score (nSPS) is 17.5. The molecule has 0 amide bonds. The van der Waals surface area contributed by atoms with Gasteiger partial charge in [0.2, 0.25) is 0 Å². The second-order valence-electron chi connectivity index (χ2n) is 1.47. The van der Waals surface area contributed by atoms with Gasteiger partial charge in [0.15, 0.2) is 0 Å². The molecule has 1 aliphatic carbocycles. The van der Waals surface area contributed by atoms with Crippen LogP contribution in [0.4, 0.5) is 0 Å². The van der Waals surface area contributed by atoms with Crippen molar-refractivity contribution in [1.82, 2.24) is 0 Å². The molecule has 1 rings (SSSR count). The second-order valence-corrected chi connectivity index (χ2v) is 3.95. The first-order valence-electron chi connectivity index (χ1n) is 2.37. The van der Waals surface area contributed by atoms with Crippen molar-refractivity contribution in [3.63, 3.8) is 0 Å². The Morgan fingerprint density at radius 1 is 1.38 bits per heavy atom. The van der Waals surface area contributed by atoms with Gasteiger partial charge in [-0.3, -0.25) is 0 Å².